The lowest BCUT2D eigenvalue weighted by Gasteiger charge is -2.06. The maximum atomic E-state index is 4.11. The third-order valence-electron chi connectivity index (χ3n) is 2.44. The number of hydrogen-bond donors (Lipinski definition) is 0. The second kappa shape index (κ2) is 5.55. The second-order valence-corrected chi connectivity index (χ2v) is 4.37. The largest absolute Gasteiger partial charge is 0.100 e. The summed E-state index contributed by atoms with van der Waals surface area (Å²) in [6.45, 7) is 12.2. The van der Waals surface area contributed by atoms with Crippen LogP contribution in [0.4, 0.5) is 0 Å². The van der Waals surface area contributed by atoms with E-state index in [1.807, 2.05) is 0 Å². The van der Waals surface area contributed by atoms with Gasteiger partial charge in [0.15, 0.2) is 0 Å². The van der Waals surface area contributed by atoms with Gasteiger partial charge in [0.05, 0.1) is 0 Å². The van der Waals surface area contributed by atoms with E-state index in [1.54, 1.807) is 0 Å². The summed E-state index contributed by atoms with van der Waals surface area (Å²) < 4.78 is 0. The molecule has 0 nitrogen and oxygen atoms in total. The SMILES string of the molecule is C=C(C)CCC(=C)Cc1cccc(C)c1. The predicted molar refractivity (Wildman–Crippen MR) is 68.1 cm³/mol. The first-order valence-corrected chi connectivity index (χ1v) is 5.44. The molecule has 0 fully saturated rings. The Labute approximate surface area is 93.3 Å². The maximum Gasteiger partial charge on any atom is -0.00696 e. The number of rotatable bonds is 5. The van der Waals surface area contributed by atoms with Crippen molar-refractivity contribution in [2.24, 2.45) is 0 Å². The monoisotopic (exact) mass is 200 g/mol. The van der Waals surface area contributed by atoms with Crippen LogP contribution in [0, 0.1) is 6.92 Å². The average Bonchev–Trinajstić information content (AvgIpc) is 2.15. The summed E-state index contributed by atoms with van der Waals surface area (Å²) >= 11 is 0. The molecule has 0 bridgehead atoms. The summed E-state index contributed by atoms with van der Waals surface area (Å²) in [6.07, 6.45) is 3.11. The Bertz CT molecular complexity index is 358. The van der Waals surface area contributed by atoms with E-state index in [-0.39, 0.29) is 0 Å². The third-order valence-corrected chi connectivity index (χ3v) is 2.44. The standard InChI is InChI=1S/C15H20/c1-12(2)8-9-14(4)11-15-7-5-6-13(3)10-15/h5-7,10H,1,4,8-9,11H2,2-3H3. The van der Waals surface area contributed by atoms with Crippen molar-refractivity contribution in [2.45, 2.75) is 33.1 Å². The first kappa shape index (κ1) is 11.8. The molecule has 0 radical (unpaired) electrons. The van der Waals surface area contributed by atoms with Gasteiger partial charge in [0.2, 0.25) is 0 Å². The molecule has 0 amide bonds. The van der Waals surface area contributed by atoms with Crippen molar-refractivity contribution in [3.05, 3.63) is 59.7 Å². The Morgan fingerprint density at radius 1 is 1.20 bits per heavy atom. The van der Waals surface area contributed by atoms with Crippen molar-refractivity contribution in [1.29, 1.82) is 0 Å². The average molecular weight is 200 g/mol. The molecule has 0 aliphatic rings. The van der Waals surface area contributed by atoms with E-state index in [0.717, 1.165) is 19.3 Å². The minimum Gasteiger partial charge on any atom is -0.100 e. The van der Waals surface area contributed by atoms with Gasteiger partial charge in [0, 0.05) is 0 Å². The van der Waals surface area contributed by atoms with Crippen molar-refractivity contribution in [2.75, 3.05) is 0 Å². The molecule has 1 rings (SSSR count). The van der Waals surface area contributed by atoms with Crippen LogP contribution in [0.5, 0.6) is 0 Å². The van der Waals surface area contributed by atoms with Gasteiger partial charge in [-0.15, -0.1) is 6.58 Å². The highest BCUT2D eigenvalue weighted by molar-refractivity contribution is 5.25. The van der Waals surface area contributed by atoms with Gasteiger partial charge in [-0.3, -0.25) is 0 Å². The Morgan fingerprint density at radius 2 is 1.93 bits per heavy atom. The number of allylic oxidation sites excluding steroid dienone is 2. The van der Waals surface area contributed by atoms with Gasteiger partial charge in [0.1, 0.15) is 0 Å². The molecule has 1 aromatic carbocycles. The summed E-state index contributed by atoms with van der Waals surface area (Å²) in [5, 5.41) is 0. The molecule has 0 saturated carbocycles. The Kier molecular flexibility index (Phi) is 4.36. The smallest absolute Gasteiger partial charge is 0.00696 e. The molecule has 0 aromatic heterocycles. The number of aryl methyl sites for hydroxylation is 1. The highest BCUT2D eigenvalue weighted by Gasteiger charge is 1.98. The molecule has 0 aliphatic heterocycles. The van der Waals surface area contributed by atoms with Crippen LogP contribution in [-0.2, 0) is 6.42 Å². The molecule has 0 aliphatic carbocycles. The van der Waals surface area contributed by atoms with E-state index in [0.29, 0.717) is 0 Å². The molecular weight excluding hydrogens is 180 g/mol. The van der Waals surface area contributed by atoms with Crippen molar-refractivity contribution in [3.8, 4) is 0 Å². The van der Waals surface area contributed by atoms with Crippen molar-refractivity contribution < 1.29 is 0 Å². The minimum absolute atomic E-state index is 0.995. The molecule has 0 saturated heterocycles. The Hall–Kier alpha value is -1.30. The quantitative estimate of drug-likeness (QED) is 0.616. The first-order valence-electron chi connectivity index (χ1n) is 5.44. The lowest BCUT2D eigenvalue weighted by Crippen LogP contribution is -1.90. The molecule has 0 N–H and O–H groups in total. The van der Waals surface area contributed by atoms with Crippen LogP contribution in [-0.4, -0.2) is 0 Å². The Morgan fingerprint density at radius 3 is 2.53 bits per heavy atom. The van der Waals surface area contributed by atoms with Crippen LogP contribution in [0.25, 0.3) is 0 Å². The summed E-state index contributed by atoms with van der Waals surface area (Å²) in [5.41, 5.74) is 5.21. The van der Waals surface area contributed by atoms with Crippen LogP contribution in [0.15, 0.2) is 48.6 Å². The number of hydrogen-bond acceptors (Lipinski definition) is 0. The van der Waals surface area contributed by atoms with E-state index < -0.39 is 0 Å². The van der Waals surface area contributed by atoms with Gasteiger partial charge < -0.3 is 0 Å². The fourth-order valence-corrected chi connectivity index (χ4v) is 1.59. The second-order valence-electron chi connectivity index (χ2n) is 4.37. The van der Waals surface area contributed by atoms with Crippen LogP contribution >= 0.6 is 0 Å². The molecular formula is C15H20. The summed E-state index contributed by atoms with van der Waals surface area (Å²) in [5.74, 6) is 0. The fraction of sp³-hybridized carbons (Fsp3) is 0.333. The zero-order valence-corrected chi connectivity index (χ0v) is 9.84. The van der Waals surface area contributed by atoms with Gasteiger partial charge in [-0.25, -0.2) is 0 Å². The normalized spacial score (nSPS) is 10.0. The van der Waals surface area contributed by atoms with E-state index in [2.05, 4.69) is 51.3 Å². The highest BCUT2D eigenvalue weighted by Crippen LogP contribution is 2.14. The lowest BCUT2D eigenvalue weighted by molar-refractivity contribution is 0.894. The summed E-state index contributed by atoms with van der Waals surface area (Å²) in [4.78, 5) is 0. The molecule has 0 unspecified atom stereocenters. The maximum absolute atomic E-state index is 4.11. The van der Waals surface area contributed by atoms with E-state index >= 15 is 0 Å². The van der Waals surface area contributed by atoms with Crippen molar-refractivity contribution in [3.63, 3.8) is 0 Å². The fourth-order valence-electron chi connectivity index (χ4n) is 1.59. The van der Waals surface area contributed by atoms with Crippen molar-refractivity contribution >= 4 is 0 Å². The van der Waals surface area contributed by atoms with Gasteiger partial charge in [-0.05, 0) is 38.7 Å². The molecule has 80 valence electrons. The van der Waals surface area contributed by atoms with E-state index in [1.165, 1.54) is 22.3 Å². The molecule has 0 heteroatoms. The van der Waals surface area contributed by atoms with Crippen LogP contribution < -0.4 is 0 Å². The van der Waals surface area contributed by atoms with E-state index in [4.69, 9.17) is 0 Å². The first-order chi connectivity index (χ1) is 7.08. The van der Waals surface area contributed by atoms with Crippen LogP contribution in [0.1, 0.15) is 30.9 Å². The zero-order valence-electron chi connectivity index (χ0n) is 9.84. The molecule has 0 atom stereocenters. The van der Waals surface area contributed by atoms with Gasteiger partial charge in [-0.2, -0.15) is 0 Å². The van der Waals surface area contributed by atoms with Crippen LogP contribution in [0.2, 0.25) is 0 Å². The number of benzene rings is 1. The molecule has 0 spiro atoms. The zero-order chi connectivity index (χ0) is 11.3. The molecule has 15 heavy (non-hydrogen) atoms. The lowest BCUT2D eigenvalue weighted by atomic mass is 10.00. The van der Waals surface area contributed by atoms with E-state index in [9.17, 15) is 0 Å². The van der Waals surface area contributed by atoms with Gasteiger partial charge in [0.25, 0.3) is 0 Å². The predicted octanol–water partition coefficient (Wildman–Crippen LogP) is 4.45. The molecule has 0 heterocycles. The highest BCUT2D eigenvalue weighted by atomic mass is 14.0. The topological polar surface area (TPSA) is 0 Å². The summed E-state index contributed by atoms with van der Waals surface area (Å²) in [7, 11) is 0. The minimum atomic E-state index is 0.995. The van der Waals surface area contributed by atoms with Gasteiger partial charge in [-0.1, -0.05) is 47.6 Å². The van der Waals surface area contributed by atoms with Crippen molar-refractivity contribution in [1.82, 2.24) is 0 Å². The summed E-state index contributed by atoms with van der Waals surface area (Å²) in [6, 6.07) is 8.63. The molecule has 1 aromatic rings. The van der Waals surface area contributed by atoms with Crippen LogP contribution in [0.3, 0.4) is 0 Å². The Balaban J connectivity index is 2.48. The third kappa shape index (κ3) is 4.64. The van der Waals surface area contributed by atoms with Gasteiger partial charge >= 0.3 is 0 Å².